The third-order valence-electron chi connectivity index (χ3n) is 5.45. The molecule has 2 aromatic carbocycles. The van der Waals surface area contributed by atoms with E-state index in [0.29, 0.717) is 6.54 Å². The first-order valence-corrected chi connectivity index (χ1v) is 10.8. The Morgan fingerprint density at radius 2 is 1.83 bits per heavy atom. The number of nitrogens with zero attached hydrogens (tertiary/aromatic N) is 2. The van der Waals surface area contributed by atoms with Crippen LogP contribution in [0.25, 0.3) is 10.2 Å². The Balaban J connectivity index is 1.53. The maximum Gasteiger partial charge on any atom is 0.139 e. The van der Waals surface area contributed by atoms with E-state index in [1.807, 2.05) is 35.6 Å². The normalized spacial score (nSPS) is 12.9. The Morgan fingerprint density at radius 3 is 2.69 bits per heavy atom. The van der Waals surface area contributed by atoms with Gasteiger partial charge in [-0.3, -0.25) is 0 Å². The average molecular weight is 402 g/mol. The number of hydrogen-bond acceptors (Lipinski definition) is 5. The Kier molecular flexibility index (Phi) is 4.90. The predicted molar refractivity (Wildman–Crippen MR) is 119 cm³/mol. The molecule has 0 aliphatic heterocycles. The number of fused-ring (bicyclic) bond motifs is 3. The first-order valence-electron chi connectivity index (χ1n) is 10.0. The van der Waals surface area contributed by atoms with Crippen molar-refractivity contribution in [3.05, 3.63) is 82.0 Å². The minimum Gasteiger partial charge on any atom is -0.496 e. The van der Waals surface area contributed by atoms with Crippen LogP contribution in [0.3, 0.4) is 0 Å². The number of rotatable bonds is 6. The van der Waals surface area contributed by atoms with Crippen LogP contribution in [0.1, 0.15) is 33.8 Å². The van der Waals surface area contributed by atoms with Gasteiger partial charge in [0.1, 0.15) is 22.2 Å². The molecule has 2 heterocycles. The SMILES string of the molecule is COc1ccccc1CNc1nc(Cc2ccccc2)nc2sc3c(c12)CCC3. The van der Waals surface area contributed by atoms with Gasteiger partial charge in [0.2, 0.25) is 0 Å². The van der Waals surface area contributed by atoms with E-state index in [2.05, 4.69) is 35.6 Å². The molecule has 0 saturated carbocycles. The molecule has 5 heteroatoms. The van der Waals surface area contributed by atoms with Crippen molar-refractivity contribution >= 4 is 27.4 Å². The van der Waals surface area contributed by atoms with E-state index in [1.54, 1.807) is 7.11 Å². The lowest BCUT2D eigenvalue weighted by Crippen LogP contribution is -2.07. The fourth-order valence-electron chi connectivity index (χ4n) is 4.05. The Labute approximate surface area is 174 Å². The third-order valence-corrected chi connectivity index (χ3v) is 6.64. The second-order valence-electron chi connectivity index (χ2n) is 7.35. The second kappa shape index (κ2) is 7.84. The van der Waals surface area contributed by atoms with Gasteiger partial charge in [-0.05, 0) is 36.5 Å². The Hall–Kier alpha value is -2.92. The highest BCUT2D eigenvalue weighted by Gasteiger charge is 2.22. The fourth-order valence-corrected chi connectivity index (χ4v) is 5.33. The van der Waals surface area contributed by atoms with Crippen LogP contribution in [0.5, 0.6) is 5.75 Å². The van der Waals surface area contributed by atoms with Crippen molar-refractivity contribution in [1.82, 2.24) is 9.97 Å². The molecule has 146 valence electrons. The molecule has 1 aliphatic carbocycles. The molecule has 0 bridgehead atoms. The summed E-state index contributed by atoms with van der Waals surface area (Å²) in [5, 5.41) is 4.81. The standard InChI is InChI=1S/C24H23N3OS/c1-28-19-12-6-5-10-17(19)15-25-23-22-18-11-7-13-20(18)29-24(22)27-21(26-23)14-16-8-3-2-4-9-16/h2-6,8-10,12H,7,11,13-15H2,1H3,(H,25,26,27). The summed E-state index contributed by atoms with van der Waals surface area (Å²) in [5.41, 5.74) is 3.80. The van der Waals surface area contributed by atoms with Crippen molar-refractivity contribution in [2.75, 3.05) is 12.4 Å². The molecule has 0 unspecified atom stereocenters. The maximum absolute atomic E-state index is 5.51. The van der Waals surface area contributed by atoms with Crippen LogP contribution in [-0.4, -0.2) is 17.1 Å². The molecule has 29 heavy (non-hydrogen) atoms. The van der Waals surface area contributed by atoms with Crippen molar-refractivity contribution in [2.45, 2.75) is 32.2 Å². The molecule has 0 spiro atoms. The van der Waals surface area contributed by atoms with Crippen LogP contribution in [0.4, 0.5) is 5.82 Å². The van der Waals surface area contributed by atoms with Crippen molar-refractivity contribution in [1.29, 1.82) is 0 Å². The number of aromatic nitrogens is 2. The molecule has 1 N–H and O–H groups in total. The van der Waals surface area contributed by atoms with E-state index in [0.717, 1.165) is 47.0 Å². The molecule has 0 radical (unpaired) electrons. The minimum absolute atomic E-state index is 0.672. The number of thiophene rings is 1. The first kappa shape index (κ1) is 18.1. The van der Waals surface area contributed by atoms with E-state index in [4.69, 9.17) is 14.7 Å². The van der Waals surface area contributed by atoms with E-state index in [9.17, 15) is 0 Å². The number of anilines is 1. The number of ether oxygens (including phenoxy) is 1. The van der Waals surface area contributed by atoms with Crippen LogP contribution in [0.2, 0.25) is 0 Å². The summed E-state index contributed by atoms with van der Waals surface area (Å²) in [5.74, 6) is 2.71. The van der Waals surface area contributed by atoms with Crippen LogP contribution in [0, 0.1) is 0 Å². The molecule has 0 saturated heterocycles. The topological polar surface area (TPSA) is 47.0 Å². The van der Waals surface area contributed by atoms with Gasteiger partial charge in [-0.2, -0.15) is 0 Å². The molecule has 2 aromatic heterocycles. The molecule has 0 atom stereocenters. The molecular weight excluding hydrogens is 378 g/mol. The van der Waals surface area contributed by atoms with Gasteiger partial charge >= 0.3 is 0 Å². The summed E-state index contributed by atoms with van der Waals surface area (Å²) in [4.78, 5) is 12.5. The zero-order valence-electron chi connectivity index (χ0n) is 16.4. The number of para-hydroxylation sites is 1. The quantitative estimate of drug-likeness (QED) is 0.470. The lowest BCUT2D eigenvalue weighted by Gasteiger charge is -2.12. The third kappa shape index (κ3) is 3.58. The average Bonchev–Trinajstić information content (AvgIpc) is 3.34. The van der Waals surface area contributed by atoms with Crippen molar-refractivity contribution in [2.24, 2.45) is 0 Å². The van der Waals surface area contributed by atoms with E-state index in [1.165, 1.54) is 27.8 Å². The smallest absolute Gasteiger partial charge is 0.139 e. The summed E-state index contributed by atoms with van der Waals surface area (Å²) in [7, 11) is 1.71. The highest BCUT2D eigenvalue weighted by Crippen LogP contribution is 2.40. The van der Waals surface area contributed by atoms with Crippen LogP contribution < -0.4 is 10.1 Å². The van der Waals surface area contributed by atoms with Crippen molar-refractivity contribution < 1.29 is 4.74 Å². The van der Waals surface area contributed by atoms with Gasteiger partial charge in [-0.1, -0.05) is 48.5 Å². The van der Waals surface area contributed by atoms with E-state index < -0.39 is 0 Å². The zero-order chi connectivity index (χ0) is 19.6. The molecule has 4 nitrogen and oxygen atoms in total. The Morgan fingerprint density at radius 1 is 1.00 bits per heavy atom. The lowest BCUT2D eigenvalue weighted by molar-refractivity contribution is 0.410. The highest BCUT2D eigenvalue weighted by atomic mass is 32.1. The van der Waals surface area contributed by atoms with Gasteiger partial charge in [0, 0.05) is 23.4 Å². The number of benzene rings is 2. The number of hydrogen-bond donors (Lipinski definition) is 1. The van der Waals surface area contributed by atoms with Gasteiger partial charge in [0.25, 0.3) is 0 Å². The summed E-state index contributed by atoms with van der Waals surface area (Å²) in [6.45, 7) is 0.672. The fraction of sp³-hybridized carbons (Fsp3) is 0.250. The van der Waals surface area contributed by atoms with Gasteiger partial charge in [0.05, 0.1) is 12.5 Å². The Bertz CT molecular complexity index is 1150. The van der Waals surface area contributed by atoms with Crippen molar-refractivity contribution in [3.8, 4) is 5.75 Å². The molecule has 5 rings (SSSR count). The van der Waals surface area contributed by atoms with E-state index in [-0.39, 0.29) is 0 Å². The van der Waals surface area contributed by atoms with Gasteiger partial charge in [0.15, 0.2) is 0 Å². The van der Waals surface area contributed by atoms with Gasteiger partial charge in [-0.25, -0.2) is 9.97 Å². The minimum atomic E-state index is 0.672. The summed E-state index contributed by atoms with van der Waals surface area (Å²) in [6.07, 6.45) is 4.26. The van der Waals surface area contributed by atoms with Crippen LogP contribution in [0.15, 0.2) is 54.6 Å². The predicted octanol–water partition coefficient (Wildman–Crippen LogP) is 5.39. The first-order chi connectivity index (χ1) is 14.3. The maximum atomic E-state index is 5.51. The van der Waals surface area contributed by atoms with Crippen molar-refractivity contribution in [3.63, 3.8) is 0 Å². The number of methoxy groups -OCH3 is 1. The molecule has 0 fully saturated rings. The largest absolute Gasteiger partial charge is 0.496 e. The van der Waals surface area contributed by atoms with Gasteiger partial charge < -0.3 is 10.1 Å². The number of aryl methyl sites for hydroxylation is 2. The molecule has 1 aliphatic rings. The lowest BCUT2D eigenvalue weighted by atomic mass is 10.1. The van der Waals surface area contributed by atoms with Crippen LogP contribution >= 0.6 is 11.3 Å². The summed E-state index contributed by atoms with van der Waals surface area (Å²) >= 11 is 1.84. The molecular formula is C24H23N3OS. The highest BCUT2D eigenvalue weighted by molar-refractivity contribution is 7.19. The molecule has 0 amide bonds. The zero-order valence-corrected chi connectivity index (χ0v) is 17.3. The van der Waals surface area contributed by atoms with Gasteiger partial charge in [-0.15, -0.1) is 11.3 Å². The summed E-state index contributed by atoms with van der Waals surface area (Å²) < 4.78 is 5.51. The van der Waals surface area contributed by atoms with E-state index >= 15 is 0 Å². The van der Waals surface area contributed by atoms with Crippen LogP contribution in [-0.2, 0) is 25.8 Å². The summed E-state index contributed by atoms with van der Waals surface area (Å²) in [6, 6.07) is 18.5. The number of nitrogens with one attached hydrogen (secondary N) is 1. The molecule has 4 aromatic rings. The monoisotopic (exact) mass is 401 g/mol. The second-order valence-corrected chi connectivity index (χ2v) is 8.44.